The monoisotopic (exact) mass is 245 g/mol. The van der Waals surface area contributed by atoms with Gasteiger partial charge in [-0.1, -0.05) is 0 Å². The number of hydrogen-bond donors (Lipinski definition) is 1. The minimum Gasteiger partial charge on any atom is -0.404 e. The predicted octanol–water partition coefficient (Wildman–Crippen LogP) is 1.81. The van der Waals surface area contributed by atoms with Crippen molar-refractivity contribution in [3.05, 3.63) is 23.0 Å². The van der Waals surface area contributed by atoms with E-state index in [9.17, 15) is 13.2 Å². The SMILES string of the molecule is Cc1c(OC(F)(F)F)cnc(CC#N)c1CN. The van der Waals surface area contributed by atoms with Gasteiger partial charge in [0.1, 0.15) is 0 Å². The molecule has 92 valence electrons. The van der Waals surface area contributed by atoms with E-state index in [1.807, 2.05) is 6.07 Å². The summed E-state index contributed by atoms with van der Waals surface area (Å²) in [7, 11) is 0. The molecule has 0 saturated heterocycles. The lowest BCUT2D eigenvalue weighted by molar-refractivity contribution is -0.275. The lowest BCUT2D eigenvalue weighted by Gasteiger charge is -2.14. The van der Waals surface area contributed by atoms with Crippen LogP contribution >= 0.6 is 0 Å². The maximum absolute atomic E-state index is 12.1. The Morgan fingerprint density at radius 1 is 1.53 bits per heavy atom. The number of ether oxygens (including phenoxy) is 1. The minimum absolute atomic E-state index is 0.000326. The quantitative estimate of drug-likeness (QED) is 0.881. The largest absolute Gasteiger partial charge is 0.573 e. The molecule has 0 bridgehead atoms. The molecule has 0 spiro atoms. The van der Waals surface area contributed by atoms with Crippen molar-refractivity contribution >= 4 is 0 Å². The van der Waals surface area contributed by atoms with Crippen LogP contribution in [0.1, 0.15) is 16.8 Å². The number of hydrogen-bond acceptors (Lipinski definition) is 4. The first-order valence-corrected chi connectivity index (χ1v) is 4.69. The van der Waals surface area contributed by atoms with Gasteiger partial charge in [0.15, 0.2) is 5.75 Å². The summed E-state index contributed by atoms with van der Waals surface area (Å²) < 4.78 is 40.0. The highest BCUT2D eigenvalue weighted by Gasteiger charge is 2.32. The number of pyridine rings is 1. The van der Waals surface area contributed by atoms with E-state index in [0.717, 1.165) is 6.20 Å². The van der Waals surface area contributed by atoms with Crippen LogP contribution < -0.4 is 10.5 Å². The van der Waals surface area contributed by atoms with Crippen molar-refractivity contribution < 1.29 is 17.9 Å². The van der Waals surface area contributed by atoms with E-state index in [4.69, 9.17) is 11.0 Å². The maximum atomic E-state index is 12.1. The molecule has 0 fully saturated rings. The van der Waals surface area contributed by atoms with Crippen LogP contribution in [0.4, 0.5) is 13.2 Å². The van der Waals surface area contributed by atoms with E-state index in [1.165, 1.54) is 6.92 Å². The zero-order valence-electron chi connectivity index (χ0n) is 9.01. The minimum atomic E-state index is -4.77. The summed E-state index contributed by atoms with van der Waals surface area (Å²) in [6, 6.07) is 1.87. The van der Waals surface area contributed by atoms with Gasteiger partial charge in [0, 0.05) is 6.54 Å². The van der Waals surface area contributed by atoms with E-state index in [1.54, 1.807) is 0 Å². The molecule has 17 heavy (non-hydrogen) atoms. The fraction of sp³-hybridized carbons (Fsp3) is 0.400. The smallest absolute Gasteiger partial charge is 0.404 e. The molecule has 0 aliphatic rings. The Bertz CT molecular complexity index is 451. The fourth-order valence-corrected chi connectivity index (χ4v) is 1.40. The number of alkyl halides is 3. The molecule has 1 aromatic heterocycles. The van der Waals surface area contributed by atoms with E-state index < -0.39 is 6.36 Å². The summed E-state index contributed by atoms with van der Waals surface area (Å²) in [4.78, 5) is 3.76. The molecule has 0 saturated carbocycles. The van der Waals surface area contributed by atoms with Crippen molar-refractivity contribution in [3.8, 4) is 11.8 Å². The normalized spacial score (nSPS) is 11.1. The molecular formula is C10H10F3N3O. The van der Waals surface area contributed by atoms with Crippen molar-refractivity contribution in [2.75, 3.05) is 0 Å². The van der Waals surface area contributed by atoms with E-state index >= 15 is 0 Å². The van der Waals surface area contributed by atoms with Crippen LogP contribution in [0.2, 0.25) is 0 Å². The van der Waals surface area contributed by atoms with Crippen LogP contribution in [0, 0.1) is 18.3 Å². The van der Waals surface area contributed by atoms with Gasteiger partial charge in [-0.2, -0.15) is 5.26 Å². The van der Waals surface area contributed by atoms with Gasteiger partial charge in [-0.05, 0) is 18.1 Å². The van der Waals surface area contributed by atoms with Crippen LogP contribution in [-0.4, -0.2) is 11.3 Å². The number of nitrogens with zero attached hydrogens (tertiary/aromatic N) is 2. The van der Waals surface area contributed by atoms with Crippen molar-refractivity contribution in [3.63, 3.8) is 0 Å². The lowest BCUT2D eigenvalue weighted by atomic mass is 10.1. The highest BCUT2D eigenvalue weighted by Crippen LogP contribution is 2.28. The van der Waals surface area contributed by atoms with Crippen LogP contribution in [0.15, 0.2) is 6.20 Å². The molecular weight excluding hydrogens is 235 g/mol. The zero-order valence-corrected chi connectivity index (χ0v) is 9.01. The molecule has 0 aromatic carbocycles. The summed E-state index contributed by atoms with van der Waals surface area (Å²) in [5.41, 5.74) is 6.47. The van der Waals surface area contributed by atoms with E-state index in [-0.39, 0.29) is 24.3 Å². The third kappa shape index (κ3) is 3.32. The molecule has 1 rings (SSSR count). The molecule has 0 radical (unpaired) electrons. The summed E-state index contributed by atoms with van der Waals surface area (Å²) in [6.07, 6.45) is -3.82. The molecule has 4 nitrogen and oxygen atoms in total. The van der Waals surface area contributed by atoms with Gasteiger partial charge in [-0.3, -0.25) is 4.98 Å². The Balaban J connectivity index is 3.16. The van der Waals surface area contributed by atoms with Gasteiger partial charge >= 0.3 is 6.36 Å². The Morgan fingerprint density at radius 2 is 2.18 bits per heavy atom. The molecule has 1 heterocycles. The van der Waals surface area contributed by atoms with Gasteiger partial charge in [0.05, 0.1) is 24.4 Å². The third-order valence-corrected chi connectivity index (χ3v) is 2.18. The van der Waals surface area contributed by atoms with E-state index in [2.05, 4.69) is 9.72 Å². The lowest BCUT2D eigenvalue weighted by Crippen LogP contribution is -2.19. The number of halogens is 3. The molecule has 0 aliphatic heterocycles. The summed E-state index contributed by atoms with van der Waals surface area (Å²) in [6.45, 7) is 1.46. The molecule has 0 unspecified atom stereocenters. The number of aromatic nitrogens is 1. The fourth-order valence-electron chi connectivity index (χ4n) is 1.40. The topological polar surface area (TPSA) is 71.9 Å². The highest BCUT2D eigenvalue weighted by molar-refractivity contribution is 5.40. The Hall–Kier alpha value is -1.81. The van der Waals surface area contributed by atoms with Crippen molar-refractivity contribution in [1.82, 2.24) is 4.98 Å². The standard InChI is InChI=1S/C10H10F3N3O/c1-6-7(4-15)8(2-3-14)16-5-9(6)17-10(11,12)13/h5H,2,4,15H2,1H3. The number of nitrogens with two attached hydrogens (primary N) is 1. The first-order valence-electron chi connectivity index (χ1n) is 4.69. The summed E-state index contributed by atoms with van der Waals surface area (Å²) >= 11 is 0. The number of rotatable bonds is 3. The molecule has 2 N–H and O–H groups in total. The average molecular weight is 245 g/mol. The Morgan fingerprint density at radius 3 is 2.65 bits per heavy atom. The van der Waals surface area contributed by atoms with Gasteiger partial charge < -0.3 is 10.5 Å². The Labute approximate surface area is 95.8 Å². The average Bonchev–Trinajstić information content (AvgIpc) is 2.21. The van der Waals surface area contributed by atoms with Gasteiger partial charge in [0.2, 0.25) is 0 Å². The van der Waals surface area contributed by atoms with Crippen LogP contribution in [0.3, 0.4) is 0 Å². The second-order valence-corrected chi connectivity index (χ2v) is 3.26. The second kappa shape index (κ2) is 5.01. The van der Waals surface area contributed by atoms with Crippen LogP contribution in [0.25, 0.3) is 0 Å². The van der Waals surface area contributed by atoms with Gasteiger partial charge in [-0.15, -0.1) is 13.2 Å². The van der Waals surface area contributed by atoms with Gasteiger partial charge in [0.25, 0.3) is 0 Å². The molecule has 1 aromatic rings. The van der Waals surface area contributed by atoms with Crippen LogP contribution in [0.5, 0.6) is 5.75 Å². The summed E-state index contributed by atoms with van der Waals surface area (Å²) in [5.74, 6) is -0.389. The first-order chi connectivity index (χ1) is 7.89. The molecule has 0 aliphatic carbocycles. The van der Waals surface area contributed by atoms with Crippen molar-refractivity contribution in [2.24, 2.45) is 5.73 Å². The third-order valence-electron chi connectivity index (χ3n) is 2.18. The highest BCUT2D eigenvalue weighted by atomic mass is 19.4. The van der Waals surface area contributed by atoms with Crippen LogP contribution in [-0.2, 0) is 13.0 Å². The van der Waals surface area contributed by atoms with Gasteiger partial charge in [-0.25, -0.2) is 0 Å². The van der Waals surface area contributed by atoms with E-state index in [0.29, 0.717) is 11.3 Å². The number of nitriles is 1. The predicted molar refractivity (Wildman–Crippen MR) is 52.9 cm³/mol. The summed E-state index contributed by atoms with van der Waals surface area (Å²) in [5, 5.41) is 8.54. The molecule has 7 heteroatoms. The first kappa shape index (κ1) is 13.3. The van der Waals surface area contributed by atoms with Crippen molar-refractivity contribution in [1.29, 1.82) is 5.26 Å². The molecule has 0 amide bonds. The molecule has 0 atom stereocenters. The Kier molecular flexibility index (Phi) is 3.91. The zero-order chi connectivity index (χ0) is 13.1. The maximum Gasteiger partial charge on any atom is 0.573 e. The van der Waals surface area contributed by atoms with Crippen molar-refractivity contribution in [2.45, 2.75) is 26.3 Å². The second-order valence-electron chi connectivity index (χ2n) is 3.26.